The first-order valence-corrected chi connectivity index (χ1v) is 6.09. The van der Waals surface area contributed by atoms with Crippen molar-refractivity contribution in [1.29, 1.82) is 4.78 Å². The zero-order chi connectivity index (χ0) is 10.3. The minimum atomic E-state index is -3.13. The normalized spacial score (nSPS) is 16.9. The molecule has 0 aliphatic heterocycles. The highest BCUT2D eigenvalue weighted by atomic mass is 32.2. The summed E-state index contributed by atoms with van der Waals surface area (Å²) < 4.78 is 18.5. The maximum absolute atomic E-state index is 11.1. The fourth-order valence-corrected chi connectivity index (χ4v) is 2.61. The molecule has 0 fully saturated rings. The molecule has 1 aromatic rings. The van der Waals surface area contributed by atoms with Gasteiger partial charge in [0, 0.05) is 0 Å². The van der Waals surface area contributed by atoms with Crippen LogP contribution in [0.15, 0.2) is 15.7 Å². The zero-order valence-electron chi connectivity index (χ0n) is 7.40. The van der Waals surface area contributed by atoms with Crippen LogP contribution in [0.25, 0.3) is 0 Å². The molecule has 0 saturated carbocycles. The van der Waals surface area contributed by atoms with Crippen molar-refractivity contribution in [3.63, 3.8) is 0 Å². The first kappa shape index (κ1) is 10.6. The molecule has 4 N–H and O–H groups in total. The monoisotopic (exact) mass is 220 g/mol. The minimum Gasteiger partial charge on any atom is -0.386 e. The Morgan fingerprint density at radius 2 is 2.23 bits per heavy atom. The molecular formula is C7H12N2O2S2. The summed E-state index contributed by atoms with van der Waals surface area (Å²) in [5, 5.41) is 16.4. The number of nitrogens with one attached hydrogen (secondary N) is 1. The summed E-state index contributed by atoms with van der Waals surface area (Å²) in [6, 6.07) is 1.51. The third-order valence-corrected chi connectivity index (χ3v) is 4.05. The molecule has 0 spiro atoms. The Morgan fingerprint density at radius 3 is 2.46 bits per heavy atom. The summed E-state index contributed by atoms with van der Waals surface area (Å²) in [5.74, 6) is 0. The van der Waals surface area contributed by atoms with E-state index in [9.17, 15) is 9.32 Å². The van der Waals surface area contributed by atoms with Gasteiger partial charge in [-0.2, -0.15) is 0 Å². The van der Waals surface area contributed by atoms with Gasteiger partial charge in [-0.05, 0) is 30.9 Å². The van der Waals surface area contributed by atoms with Crippen LogP contribution in [0, 0.1) is 4.78 Å². The van der Waals surface area contributed by atoms with Crippen molar-refractivity contribution in [2.75, 3.05) is 0 Å². The van der Waals surface area contributed by atoms with Crippen LogP contribution in [0.3, 0.4) is 0 Å². The number of rotatable bonds is 2. The van der Waals surface area contributed by atoms with Gasteiger partial charge in [0.05, 0.1) is 5.60 Å². The lowest BCUT2D eigenvalue weighted by atomic mass is 10.0. The third-order valence-electron chi connectivity index (χ3n) is 1.58. The maximum Gasteiger partial charge on any atom is 0.141 e. The quantitative estimate of drug-likeness (QED) is 0.700. The third kappa shape index (κ3) is 2.50. The molecule has 0 aliphatic rings. The molecule has 1 unspecified atom stereocenters. The van der Waals surface area contributed by atoms with Crippen LogP contribution in [0.2, 0.25) is 0 Å². The van der Waals surface area contributed by atoms with Gasteiger partial charge >= 0.3 is 0 Å². The van der Waals surface area contributed by atoms with Gasteiger partial charge < -0.3 is 5.11 Å². The van der Waals surface area contributed by atoms with E-state index in [4.69, 9.17) is 9.92 Å². The Kier molecular flexibility index (Phi) is 2.50. The molecule has 0 aromatic carbocycles. The Balaban J connectivity index is 3.16. The molecule has 0 saturated heterocycles. The van der Waals surface area contributed by atoms with E-state index in [1.807, 2.05) is 0 Å². The van der Waals surface area contributed by atoms with Gasteiger partial charge in [0.15, 0.2) is 0 Å². The van der Waals surface area contributed by atoms with E-state index in [-0.39, 0.29) is 0 Å². The zero-order valence-corrected chi connectivity index (χ0v) is 9.04. The van der Waals surface area contributed by atoms with Crippen molar-refractivity contribution in [3.8, 4) is 0 Å². The van der Waals surface area contributed by atoms with E-state index in [1.165, 1.54) is 6.07 Å². The predicted octanol–water partition coefficient (Wildman–Crippen LogP) is 1.25. The van der Waals surface area contributed by atoms with Gasteiger partial charge in [-0.25, -0.2) is 14.1 Å². The predicted molar refractivity (Wildman–Crippen MR) is 52.9 cm³/mol. The SMILES string of the molecule is CC(C)(O)c1csc(S(=N)(N)=O)c1. The first-order valence-electron chi connectivity index (χ1n) is 3.59. The Bertz CT molecular complexity index is 400. The number of aliphatic hydroxyl groups is 1. The summed E-state index contributed by atoms with van der Waals surface area (Å²) in [6.07, 6.45) is 0. The Labute approximate surface area is 81.5 Å². The number of hydrogen-bond donors (Lipinski definition) is 3. The van der Waals surface area contributed by atoms with E-state index in [1.54, 1.807) is 19.2 Å². The van der Waals surface area contributed by atoms with Gasteiger partial charge in [0.1, 0.15) is 14.1 Å². The molecular weight excluding hydrogens is 208 g/mol. The molecule has 1 heterocycles. The highest BCUT2D eigenvalue weighted by Crippen LogP contribution is 2.27. The van der Waals surface area contributed by atoms with Gasteiger partial charge in [0.25, 0.3) is 0 Å². The molecule has 74 valence electrons. The van der Waals surface area contributed by atoms with E-state index in [2.05, 4.69) is 0 Å². The number of nitrogens with two attached hydrogens (primary N) is 1. The van der Waals surface area contributed by atoms with Crippen molar-refractivity contribution >= 4 is 21.3 Å². The summed E-state index contributed by atoms with van der Waals surface area (Å²) in [7, 11) is -3.13. The van der Waals surface area contributed by atoms with Crippen molar-refractivity contribution < 1.29 is 9.32 Å². The van der Waals surface area contributed by atoms with Crippen LogP contribution >= 0.6 is 11.3 Å². The second-order valence-electron chi connectivity index (χ2n) is 3.31. The van der Waals surface area contributed by atoms with E-state index in [0.717, 1.165) is 11.3 Å². The smallest absolute Gasteiger partial charge is 0.141 e. The van der Waals surface area contributed by atoms with Gasteiger partial charge in [-0.15, -0.1) is 11.3 Å². The highest BCUT2D eigenvalue weighted by Gasteiger charge is 2.19. The van der Waals surface area contributed by atoms with E-state index in [0.29, 0.717) is 9.77 Å². The van der Waals surface area contributed by atoms with Crippen LogP contribution in [-0.2, 0) is 15.5 Å². The molecule has 13 heavy (non-hydrogen) atoms. The summed E-state index contributed by atoms with van der Waals surface area (Å²) >= 11 is 1.14. The molecule has 1 rings (SSSR count). The summed E-state index contributed by atoms with van der Waals surface area (Å²) in [6.45, 7) is 3.25. The number of hydrogen-bond acceptors (Lipinski definition) is 4. The van der Waals surface area contributed by atoms with Gasteiger partial charge in [0.2, 0.25) is 0 Å². The van der Waals surface area contributed by atoms with Gasteiger partial charge in [-0.1, -0.05) is 0 Å². The number of thiophene rings is 1. The fourth-order valence-electron chi connectivity index (χ4n) is 0.796. The molecule has 0 amide bonds. The molecule has 4 nitrogen and oxygen atoms in total. The molecule has 1 aromatic heterocycles. The second kappa shape index (κ2) is 3.06. The van der Waals surface area contributed by atoms with Crippen molar-refractivity contribution in [2.45, 2.75) is 23.7 Å². The van der Waals surface area contributed by atoms with Crippen molar-refractivity contribution in [3.05, 3.63) is 17.0 Å². The van der Waals surface area contributed by atoms with E-state index < -0.39 is 15.5 Å². The Morgan fingerprint density at radius 1 is 1.69 bits per heavy atom. The minimum absolute atomic E-state index is 0.296. The molecule has 6 heteroatoms. The second-order valence-corrected chi connectivity index (χ2v) is 6.12. The van der Waals surface area contributed by atoms with Crippen molar-refractivity contribution in [1.82, 2.24) is 0 Å². The van der Waals surface area contributed by atoms with E-state index >= 15 is 0 Å². The average Bonchev–Trinajstić information content (AvgIpc) is 2.28. The lowest BCUT2D eigenvalue weighted by molar-refractivity contribution is 0.0789. The standard InChI is InChI=1S/C7H12N2O2S2/c1-7(2,10)5-3-6(12-4-5)13(8,9)11/h3-4,10H,1-2H3,(H3,8,9,11). The largest absolute Gasteiger partial charge is 0.386 e. The molecule has 0 bridgehead atoms. The Hall–Kier alpha value is -0.430. The molecule has 0 aliphatic carbocycles. The van der Waals surface area contributed by atoms with Crippen LogP contribution in [0.4, 0.5) is 0 Å². The highest BCUT2D eigenvalue weighted by molar-refractivity contribution is 7.92. The molecule has 0 radical (unpaired) electrons. The van der Waals surface area contributed by atoms with Crippen molar-refractivity contribution in [2.24, 2.45) is 5.14 Å². The summed E-state index contributed by atoms with van der Waals surface area (Å²) in [5.41, 5.74) is -0.336. The molecule has 1 atom stereocenters. The van der Waals surface area contributed by atoms with Crippen LogP contribution in [-0.4, -0.2) is 9.32 Å². The summed E-state index contributed by atoms with van der Waals surface area (Å²) in [4.78, 5) is 0. The topological polar surface area (TPSA) is 87.2 Å². The average molecular weight is 220 g/mol. The fraction of sp³-hybridized carbons (Fsp3) is 0.429. The lowest BCUT2D eigenvalue weighted by Gasteiger charge is -2.14. The van der Waals surface area contributed by atoms with Gasteiger partial charge in [-0.3, -0.25) is 0 Å². The van der Waals surface area contributed by atoms with Crippen LogP contribution in [0.1, 0.15) is 19.4 Å². The maximum atomic E-state index is 11.1. The van der Waals surface area contributed by atoms with Crippen LogP contribution in [0.5, 0.6) is 0 Å². The lowest BCUT2D eigenvalue weighted by Crippen LogP contribution is -2.14. The first-order chi connectivity index (χ1) is 5.71. The van der Waals surface area contributed by atoms with Crippen LogP contribution < -0.4 is 5.14 Å².